The van der Waals surface area contributed by atoms with Crippen LogP contribution in [0.25, 0.3) is 6.08 Å². The molecule has 1 aliphatic heterocycles. The van der Waals surface area contributed by atoms with Gasteiger partial charge in [-0.3, -0.25) is 0 Å². The molecule has 4 nitrogen and oxygen atoms in total. The van der Waals surface area contributed by atoms with Gasteiger partial charge < -0.3 is 9.47 Å². The van der Waals surface area contributed by atoms with E-state index in [4.69, 9.17) is 21.1 Å². The molecule has 3 aromatic carbocycles. The van der Waals surface area contributed by atoms with Gasteiger partial charge in [0.15, 0.2) is 5.70 Å². The van der Waals surface area contributed by atoms with Gasteiger partial charge >= 0.3 is 5.97 Å². The Labute approximate surface area is 171 Å². The largest absolute Gasteiger partial charge is 0.489 e. The average Bonchev–Trinajstić information content (AvgIpc) is 3.07. The van der Waals surface area contributed by atoms with Crippen molar-refractivity contribution in [2.24, 2.45) is 4.99 Å². The summed E-state index contributed by atoms with van der Waals surface area (Å²) in [6.07, 6.45) is 1.57. The highest BCUT2D eigenvalue weighted by Gasteiger charge is 2.25. The second kappa shape index (κ2) is 8.29. The maximum Gasteiger partial charge on any atom is 0.363 e. The van der Waals surface area contributed by atoms with Crippen LogP contribution in [-0.2, 0) is 16.1 Å². The molecule has 0 saturated heterocycles. The van der Waals surface area contributed by atoms with Crippen LogP contribution in [0.15, 0.2) is 83.5 Å². The predicted octanol–water partition coefficient (Wildman–Crippen LogP) is 5.40. The number of halogens is 2. The van der Waals surface area contributed by atoms with Gasteiger partial charge in [0.2, 0.25) is 5.90 Å². The molecule has 0 aliphatic carbocycles. The van der Waals surface area contributed by atoms with E-state index < -0.39 is 11.8 Å². The Kier molecular flexibility index (Phi) is 5.40. The van der Waals surface area contributed by atoms with E-state index in [1.165, 1.54) is 12.1 Å². The van der Waals surface area contributed by atoms with Crippen molar-refractivity contribution in [3.63, 3.8) is 0 Å². The van der Waals surface area contributed by atoms with Gasteiger partial charge in [-0.1, -0.05) is 48.0 Å². The normalized spacial score (nSPS) is 14.6. The molecular formula is C23H15ClFNO3. The first-order valence-corrected chi connectivity index (χ1v) is 9.21. The van der Waals surface area contributed by atoms with Gasteiger partial charge in [-0.25, -0.2) is 14.2 Å². The molecule has 0 aromatic heterocycles. The number of ether oxygens (including phenoxy) is 2. The Morgan fingerprint density at radius 2 is 1.86 bits per heavy atom. The van der Waals surface area contributed by atoms with E-state index in [2.05, 4.69) is 4.99 Å². The number of benzene rings is 3. The zero-order valence-electron chi connectivity index (χ0n) is 15.1. The topological polar surface area (TPSA) is 47.9 Å². The summed E-state index contributed by atoms with van der Waals surface area (Å²) in [7, 11) is 0. The zero-order valence-corrected chi connectivity index (χ0v) is 15.9. The van der Waals surface area contributed by atoms with Crippen molar-refractivity contribution in [1.29, 1.82) is 0 Å². The lowest BCUT2D eigenvalue weighted by Crippen LogP contribution is -2.07. The summed E-state index contributed by atoms with van der Waals surface area (Å²) in [5.74, 6) is -0.554. The Morgan fingerprint density at radius 3 is 2.69 bits per heavy atom. The van der Waals surface area contributed by atoms with Crippen LogP contribution >= 0.6 is 11.6 Å². The molecule has 0 fully saturated rings. The molecule has 0 radical (unpaired) electrons. The Morgan fingerprint density at radius 1 is 1.03 bits per heavy atom. The van der Waals surface area contributed by atoms with E-state index in [9.17, 15) is 9.18 Å². The van der Waals surface area contributed by atoms with E-state index >= 15 is 0 Å². The summed E-state index contributed by atoms with van der Waals surface area (Å²) >= 11 is 5.98. The smallest absolute Gasteiger partial charge is 0.363 e. The van der Waals surface area contributed by atoms with Gasteiger partial charge in [-0.2, -0.15) is 0 Å². The van der Waals surface area contributed by atoms with Gasteiger partial charge in [0.05, 0.1) is 5.56 Å². The van der Waals surface area contributed by atoms with Crippen LogP contribution in [0.2, 0.25) is 5.02 Å². The highest BCUT2D eigenvalue weighted by atomic mass is 35.5. The minimum absolute atomic E-state index is 0.0484. The molecule has 144 valence electrons. The summed E-state index contributed by atoms with van der Waals surface area (Å²) in [5.41, 5.74) is 1.89. The van der Waals surface area contributed by atoms with Crippen molar-refractivity contribution < 1.29 is 18.7 Å². The lowest BCUT2D eigenvalue weighted by molar-refractivity contribution is -0.129. The molecule has 0 unspecified atom stereocenters. The van der Waals surface area contributed by atoms with Crippen molar-refractivity contribution in [3.05, 3.63) is 106 Å². The number of esters is 1. The molecule has 0 N–H and O–H groups in total. The quantitative estimate of drug-likeness (QED) is 0.420. The van der Waals surface area contributed by atoms with E-state index in [1.54, 1.807) is 30.3 Å². The monoisotopic (exact) mass is 407 g/mol. The highest BCUT2D eigenvalue weighted by molar-refractivity contribution is 6.30. The van der Waals surface area contributed by atoms with Crippen molar-refractivity contribution in [2.45, 2.75) is 6.61 Å². The van der Waals surface area contributed by atoms with Crippen LogP contribution < -0.4 is 4.74 Å². The van der Waals surface area contributed by atoms with Gasteiger partial charge in [0, 0.05) is 5.02 Å². The molecule has 4 rings (SSSR count). The van der Waals surface area contributed by atoms with Gasteiger partial charge in [0.1, 0.15) is 18.2 Å². The molecule has 0 spiro atoms. The number of carbonyl (C=O) groups excluding carboxylic acids is 1. The third-order valence-corrected chi connectivity index (χ3v) is 4.42. The van der Waals surface area contributed by atoms with Gasteiger partial charge in [-0.05, 0) is 53.6 Å². The first-order valence-electron chi connectivity index (χ1n) is 8.83. The number of aliphatic imine (C=N–C) groups is 1. The summed E-state index contributed by atoms with van der Waals surface area (Å²) in [6, 6.07) is 20.6. The second-order valence-corrected chi connectivity index (χ2v) is 6.74. The molecule has 0 saturated carbocycles. The first kappa shape index (κ1) is 18.9. The maximum atomic E-state index is 13.9. The Bertz CT molecular complexity index is 1140. The molecule has 0 bridgehead atoms. The van der Waals surface area contributed by atoms with E-state index in [0.717, 1.165) is 5.56 Å². The van der Waals surface area contributed by atoms with Crippen LogP contribution in [0.5, 0.6) is 5.75 Å². The third kappa shape index (κ3) is 4.52. The first-order chi connectivity index (χ1) is 14.1. The van der Waals surface area contributed by atoms with Crippen molar-refractivity contribution in [2.75, 3.05) is 0 Å². The molecule has 6 heteroatoms. The van der Waals surface area contributed by atoms with Crippen LogP contribution in [0.1, 0.15) is 16.7 Å². The minimum Gasteiger partial charge on any atom is -0.489 e. The number of rotatable bonds is 5. The minimum atomic E-state index is -0.631. The van der Waals surface area contributed by atoms with Crippen molar-refractivity contribution >= 4 is 29.5 Å². The second-order valence-electron chi connectivity index (χ2n) is 6.31. The molecule has 3 aromatic rings. The number of carbonyl (C=O) groups is 1. The summed E-state index contributed by atoms with van der Waals surface area (Å²) in [6.45, 7) is 0.359. The fraction of sp³-hybridized carbons (Fsp3) is 0.0435. The standard InChI is InChI=1S/C23H15ClFNO3/c24-17-7-3-6-16(11-17)14-28-18-8-4-5-15(12-18)13-21-23(27)29-22(26-21)19-9-1-2-10-20(19)25/h1-13H,14H2/b21-13+. The molecule has 0 amide bonds. The molecule has 1 aliphatic rings. The van der Waals surface area contributed by atoms with Crippen molar-refractivity contribution in [3.8, 4) is 5.75 Å². The summed E-state index contributed by atoms with van der Waals surface area (Å²) < 4.78 is 24.8. The maximum absolute atomic E-state index is 13.9. The number of nitrogens with zero attached hydrogens (tertiary/aromatic N) is 1. The third-order valence-electron chi connectivity index (χ3n) is 4.18. The van der Waals surface area contributed by atoms with E-state index in [0.29, 0.717) is 22.9 Å². The lowest BCUT2D eigenvalue weighted by Gasteiger charge is -2.07. The summed E-state index contributed by atoms with van der Waals surface area (Å²) in [4.78, 5) is 16.3. The molecule has 1 heterocycles. The van der Waals surface area contributed by atoms with Crippen LogP contribution in [0.4, 0.5) is 4.39 Å². The number of cyclic esters (lactones) is 1. The van der Waals surface area contributed by atoms with Gasteiger partial charge in [0.25, 0.3) is 0 Å². The molecule has 0 atom stereocenters. The number of hydrogen-bond donors (Lipinski definition) is 0. The molecular weight excluding hydrogens is 393 g/mol. The predicted molar refractivity (Wildman–Crippen MR) is 109 cm³/mol. The Hall–Kier alpha value is -3.44. The zero-order chi connectivity index (χ0) is 20.2. The molecule has 29 heavy (non-hydrogen) atoms. The van der Waals surface area contributed by atoms with Crippen LogP contribution in [-0.4, -0.2) is 11.9 Å². The van der Waals surface area contributed by atoms with Crippen LogP contribution in [0.3, 0.4) is 0 Å². The van der Waals surface area contributed by atoms with Crippen LogP contribution in [0, 0.1) is 5.82 Å². The SMILES string of the molecule is O=C1OC(c2ccccc2F)=N/C1=C/c1cccc(OCc2cccc(Cl)c2)c1. The van der Waals surface area contributed by atoms with Crippen molar-refractivity contribution in [1.82, 2.24) is 0 Å². The average molecular weight is 408 g/mol. The fourth-order valence-corrected chi connectivity index (χ4v) is 3.02. The fourth-order valence-electron chi connectivity index (χ4n) is 2.80. The Balaban J connectivity index is 1.53. The van der Waals surface area contributed by atoms with Gasteiger partial charge in [-0.15, -0.1) is 0 Å². The summed E-state index contributed by atoms with van der Waals surface area (Å²) in [5, 5.41) is 0.646. The van der Waals surface area contributed by atoms with E-state index in [1.807, 2.05) is 36.4 Å². The van der Waals surface area contributed by atoms with E-state index in [-0.39, 0.29) is 17.2 Å². The highest BCUT2D eigenvalue weighted by Crippen LogP contribution is 2.23. The number of hydrogen-bond acceptors (Lipinski definition) is 4. The lowest BCUT2D eigenvalue weighted by atomic mass is 10.2.